The van der Waals surface area contributed by atoms with Gasteiger partial charge in [-0.15, -0.1) is 0 Å². The summed E-state index contributed by atoms with van der Waals surface area (Å²) in [6.45, 7) is 0. The van der Waals surface area contributed by atoms with Crippen molar-refractivity contribution in [1.29, 1.82) is 0 Å². The summed E-state index contributed by atoms with van der Waals surface area (Å²) >= 11 is 0.0384. The van der Waals surface area contributed by atoms with Crippen LogP contribution in [0.15, 0.2) is 23.1 Å². The molecule has 0 heterocycles. The van der Waals surface area contributed by atoms with Gasteiger partial charge in [0.25, 0.3) is 0 Å². The lowest BCUT2D eigenvalue weighted by Gasteiger charge is -2.19. The normalized spacial score (nSPS) is 11.7. The Morgan fingerprint density at radius 1 is 1.11 bits per heavy atom. The fourth-order valence-corrected chi connectivity index (χ4v) is 3.77. The third-order valence-electron chi connectivity index (χ3n) is 3.59. The summed E-state index contributed by atoms with van der Waals surface area (Å²) in [7, 11) is 3.83. The van der Waals surface area contributed by atoms with Crippen LogP contribution in [-0.2, 0) is 25.5 Å². The van der Waals surface area contributed by atoms with E-state index in [-0.39, 0.29) is 37.7 Å². The van der Waals surface area contributed by atoms with Gasteiger partial charge in [-0.1, -0.05) is 28.7 Å². The number of benzene rings is 2. The largest absolute Gasteiger partial charge is 0.611 e. The van der Waals surface area contributed by atoms with E-state index < -0.39 is 28.9 Å². The van der Waals surface area contributed by atoms with Gasteiger partial charge in [0.1, 0.15) is 0 Å². The SMILES string of the molecule is COC(=O)C[S+]([O-])c1cccc2c(OC(=O)CI)c(OC)c(OC)c(O)c12. The molecule has 0 aliphatic carbocycles. The van der Waals surface area contributed by atoms with Crippen LogP contribution < -0.4 is 14.2 Å². The molecular formula is C17H17IO8S. The number of alkyl halides is 1. The van der Waals surface area contributed by atoms with Gasteiger partial charge < -0.3 is 28.6 Å². The number of carbonyl (C=O) groups is 2. The molecule has 10 heteroatoms. The Hall–Kier alpha value is -1.92. The standard InChI is InChI=1S/C17H17IO8S/c1-23-12(20)8-27(22)10-6-4-5-9-13(10)14(21)16(24-2)17(25-3)15(9)26-11(19)7-18/h4-6,21H,7-8H2,1-3H3. The predicted molar refractivity (Wildman–Crippen MR) is 107 cm³/mol. The molecule has 0 aliphatic heterocycles. The van der Waals surface area contributed by atoms with Gasteiger partial charge in [-0.2, -0.15) is 0 Å². The summed E-state index contributed by atoms with van der Waals surface area (Å²) in [5, 5.41) is 11.1. The van der Waals surface area contributed by atoms with Crippen LogP contribution >= 0.6 is 22.6 Å². The van der Waals surface area contributed by atoms with Gasteiger partial charge in [0, 0.05) is 5.39 Å². The number of methoxy groups -OCH3 is 3. The molecule has 1 unspecified atom stereocenters. The van der Waals surface area contributed by atoms with Gasteiger partial charge in [0.15, 0.2) is 16.4 Å². The predicted octanol–water partition coefficient (Wildman–Crippen LogP) is 2.18. The Labute approximate surface area is 172 Å². The van der Waals surface area contributed by atoms with E-state index in [4.69, 9.17) is 14.2 Å². The van der Waals surface area contributed by atoms with Crippen molar-refractivity contribution >= 4 is 56.5 Å². The van der Waals surface area contributed by atoms with Crippen molar-refractivity contribution in [2.75, 3.05) is 31.5 Å². The maximum atomic E-state index is 12.6. The number of hydrogen-bond acceptors (Lipinski definition) is 8. The minimum absolute atomic E-state index is 0.0246. The second-order valence-corrected chi connectivity index (χ2v) is 7.28. The number of ether oxygens (including phenoxy) is 4. The molecule has 2 rings (SSSR count). The molecule has 1 atom stereocenters. The van der Waals surface area contributed by atoms with E-state index in [0.717, 1.165) is 0 Å². The average molecular weight is 508 g/mol. The fourth-order valence-electron chi connectivity index (χ4n) is 2.46. The van der Waals surface area contributed by atoms with Gasteiger partial charge in [-0.25, -0.2) is 4.79 Å². The maximum absolute atomic E-state index is 12.6. The summed E-state index contributed by atoms with van der Waals surface area (Å²) in [5.74, 6) is -1.97. The molecule has 0 amide bonds. The summed E-state index contributed by atoms with van der Waals surface area (Å²) in [6, 6.07) is 4.64. The van der Waals surface area contributed by atoms with Crippen molar-refractivity contribution in [3.8, 4) is 23.0 Å². The highest BCUT2D eigenvalue weighted by Crippen LogP contribution is 2.52. The van der Waals surface area contributed by atoms with Crippen LogP contribution in [0.1, 0.15) is 0 Å². The smallest absolute Gasteiger partial charge is 0.356 e. The second kappa shape index (κ2) is 9.33. The Morgan fingerprint density at radius 3 is 2.33 bits per heavy atom. The Kier molecular flexibility index (Phi) is 7.39. The molecule has 1 N–H and O–H groups in total. The highest BCUT2D eigenvalue weighted by Gasteiger charge is 2.29. The van der Waals surface area contributed by atoms with Gasteiger partial charge >= 0.3 is 11.9 Å². The van der Waals surface area contributed by atoms with E-state index in [2.05, 4.69) is 4.74 Å². The number of rotatable bonds is 7. The Balaban J connectivity index is 2.80. The van der Waals surface area contributed by atoms with E-state index in [1.165, 1.54) is 27.4 Å². The highest BCUT2D eigenvalue weighted by molar-refractivity contribution is 14.1. The van der Waals surface area contributed by atoms with Gasteiger partial charge in [-0.3, -0.25) is 4.79 Å². The van der Waals surface area contributed by atoms with Gasteiger partial charge in [0.2, 0.25) is 17.3 Å². The van der Waals surface area contributed by atoms with E-state index in [1.54, 1.807) is 12.1 Å². The van der Waals surface area contributed by atoms with Crippen molar-refractivity contribution in [2.24, 2.45) is 0 Å². The van der Waals surface area contributed by atoms with E-state index in [9.17, 15) is 19.2 Å². The number of phenols is 1. The minimum atomic E-state index is -1.81. The third kappa shape index (κ3) is 4.33. The van der Waals surface area contributed by atoms with Gasteiger partial charge in [0.05, 0.1) is 31.1 Å². The number of hydrogen-bond donors (Lipinski definition) is 1. The number of halogens is 1. The molecular weight excluding hydrogens is 491 g/mol. The Bertz CT molecular complexity index is 870. The van der Waals surface area contributed by atoms with Crippen LogP contribution in [0, 0.1) is 0 Å². The number of carbonyl (C=O) groups excluding carboxylic acids is 2. The topological polar surface area (TPSA) is 114 Å². The van der Waals surface area contributed by atoms with E-state index in [0.29, 0.717) is 5.39 Å². The van der Waals surface area contributed by atoms with Crippen LogP contribution in [0.25, 0.3) is 10.8 Å². The molecule has 8 nitrogen and oxygen atoms in total. The van der Waals surface area contributed by atoms with Crippen molar-refractivity contribution in [3.63, 3.8) is 0 Å². The highest BCUT2D eigenvalue weighted by atomic mass is 127. The molecule has 0 spiro atoms. The lowest BCUT2D eigenvalue weighted by Crippen LogP contribution is -2.18. The number of phenolic OH excluding ortho intramolecular Hbond substituents is 1. The molecule has 0 bridgehead atoms. The molecule has 0 fully saturated rings. The molecule has 2 aromatic carbocycles. The zero-order valence-corrected chi connectivity index (χ0v) is 17.7. The zero-order valence-electron chi connectivity index (χ0n) is 14.7. The molecule has 0 aromatic heterocycles. The molecule has 0 saturated carbocycles. The van der Waals surface area contributed by atoms with Crippen molar-refractivity contribution < 1.29 is 38.2 Å². The monoisotopic (exact) mass is 508 g/mol. The van der Waals surface area contributed by atoms with Crippen LogP contribution in [-0.4, -0.2) is 53.1 Å². The van der Waals surface area contributed by atoms with Crippen molar-refractivity contribution in [1.82, 2.24) is 0 Å². The first-order chi connectivity index (χ1) is 12.9. The molecule has 0 radical (unpaired) electrons. The second-order valence-electron chi connectivity index (χ2n) is 5.10. The molecule has 0 aliphatic rings. The quantitative estimate of drug-likeness (QED) is 0.199. The maximum Gasteiger partial charge on any atom is 0.356 e. The summed E-state index contributed by atoms with van der Waals surface area (Å²) < 4.78 is 33.1. The van der Waals surface area contributed by atoms with Gasteiger partial charge in [-0.05, 0) is 23.3 Å². The number of aromatic hydroxyl groups is 1. The first-order valence-corrected chi connectivity index (χ1v) is 10.3. The van der Waals surface area contributed by atoms with Crippen LogP contribution in [0.2, 0.25) is 0 Å². The van der Waals surface area contributed by atoms with Crippen LogP contribution in [0.4, 0.5) is 0 Å². The first-order valence-electron chi connectivity index (χ1n) is 7.51. The minimum Gasteiger partial charge on any atom is -0.611 e. The van der Waals surface area contributed by atoms with Crippen LogP contribution in [0.3, 0.4) is 0 Å². The summed E-state index contributed by atoms with van der Waals surface area (Å²) in [5.41, 5.74) is 0. The van der Waals surface area contributed by atoms with Crippen LogP contribution in [0.5, 0.6) is 23.0 Å². The van der Waals surface area contributed by atoms with E-state index >= 15 is 0 Å². The molecule has 27 heavy (non-hydrogen) atoms. The summed E-state index contributed by atoms with van der Waals surface area (Å²) in [6.07, 6.45) is 0. The third-order valence-corrected chi connectivity index (χ3v) is 5.54. The van der Waals surface area contributed by atoms with E-state index in [1.807, 2.05) is 22.6 Å². The fraction of sp³-hybridized carbons (Fsp3) is 0.294. The average Bonchev–Trinajstić information content (AvgIpc) is 2.68. The first kappa shape index (κ1) is 21.4. The molecule has 0 saturated heterocycles. The number of fused-ring (bicyclic) bond motifs is 1. The summed E-state index contributed by atoms with van der Waals surface area (Å²) in [4.78, 5) is 23.5. The Morgan fingerprint density at radius 2 is 1.78 bits per heavy atom. The lowest BCUT2D eigenvalue weighted by atomic mass is 10.1. The number of esters is 2. The molecule has 2 aromatic rings. The van der Waals surface area contributed by atoms with Crippen molar-refractivity contribution in [3.05, 3.63) is 18.2 Å². The zero-order chi connectivity index (χ0) is 20.1. The van der Waals surface area contributed by atoms with Crippen molar-refractivity contribution in [2.45, 2.75) is 4.90 Å². The lowest BCUT2D eigenvalue weighted by molar-refractivity contribution is -0.137. The molecule has 146 valence electrons.